The van der Waals surface area contributed by atoms with Crippen LogP contribution in [0.1, 0.15) is 54.9 Å². The summed E-state index contributed by atoms with van der Waals surface area (Å²) in [6, 6.07) is 16.0. The Morgan fingerprint density at radius 3 is 2.75 bits per heavy atom. The van der Waals surface area contributed by atoms with Gasteiger partial charge in [-0.05, 0) is 69.4 Å². The largest absolute Gasteiger partial charge is 0.494 e. The van der Waals surface area contributed by atoms with E-state index in [2.05, 4.69) is 23.5 Å². The first-order valence-electron chi connectivity index (χ1n) is 10.2. The van der Waals surface area contributed by atoms with Gasteiger partial charge in [-0.3, -0.25) is 4.79 Å². The predicted molar refractivity (Wildman–Crippen MR) is 117 cm³/mol. The average molecular weight is 396 g/mol. The third-order valence-corrected chi connectivity index (χ3v) is 5.94. The quantitative estimate of drug-likeness (QED) is 0.418. The molecule has 0 aliphatic heterocycles. The van der Waals surface area contributed by atoms with Crippen molar-refractivity contribution in [1.29, 1.82) is 0 Å². The predicted octanol–water partition coefficient (Wildman–Crippen LogP) is 6.00. The number of amides is 1. The third-order valence-electron chi connectivity index (χ3n) is 4.88. The Bertz CT molecular complexity index is 802. The Morgan fingerprint density at radius 2 is 2.00 bits per heavy atom. The fraction of sp³-hybridized carbons (Fsp3) is 0.375. The highest BCUT2D eigenvalue weighted by molar-refractivity contribution is 7.98. The maximum atomic E-state index is 12.6. The fourth-order valence-electron chi connectivity index (χ4n) is 3.38. The van der Waals surface area contributed by atoms with Crippen LogP contribution in [-0.4, -0.2) is 19.1 Å². The summed E-state index contributed by atoms with van der Waals surface area (Å²) in [6.07, 6.45) is 8.24. The molecule has 1 aliphatic carbocycles. The number of nitrogens with one attached hydrogen (secondary N) is 1. The minimum Gasteiger partial charge on any atom is -0.494 e. The van der Waals surface area contributed by atoms with Gasteiger partial charge in [0.15, 0.2) is 0 Å². The van der Waals surface area contributed by atoms with Gasteiger partial charge in [0, 0.05) is 28.3 Å². The molecule has 3 rings (SSSR count). The van der Waals surface area contributed by atoms with Crippen molar-refractivity contribution < 1.29 is 9.53 Å². The van der Waals surface area contributed by atoms with E-state index in [0.29, 0.717) is 18.7 Å². The van der Waals surface area contributed by atoms with E-state index >= 15 is 0 Å². The Kier molecular flexibility index (Phi) is 8.04. The van der Waals surface area contributed by atoms with Gasteiger partial charge < -0.3 is 10.1 Å². The van der Waals surface area contributed by atoms with Gasteiger partial charge in [-0.1, -0.05) is 29.8 Å². The number of ether oxygens (including phenoxy) is 1. The van der Waals surface area contributed by atoms with E-state index in [1.54, 1.807) is 11.8 Å². The molecule has 0 fully saturated rings. The maximum Gasteiger partial charge on any atom is 0.251 e. The van der Waals surface area contributed by atoms with Crippen LogP contribution in [0, 0.1) is 0 Å². The van der Waals surface area contributed by atoms with Gasteiger partial charge in [0.25, 0.3) is 5.91 Å². The summed E-state index contributed by atoms with van der Waals surface area (Å²) in [5.41, 5.74) is 3.24. The van der Waals surface area contributed by atoms with Gasteiger partial charge >= 0.3 is 0 Å². The molecule has 28 heavy (non-hydrogen) atoms. The zero-order chi connectivity index (χ0) is 19.6. The summed E-state index contributed by atoms with van der Waals surface area (Å²) in [6.45, 7) is 3.30. The Morgan fingerprint density at radius 1 is 1.14 bits per heavy atom. The van der Waals surface area contributed by atoms with Gasteiger partial charge in [0.2, 0.25) is 0 Å². The zero-order valence-electron chi connectivity index (χ0n) is 16.6. The molecule has 0 aromatic heterocycles. The number of thioether (sulfide) groups is 1. The van der Waals surface area contributed by atoms with Gasteiger partial charge in [-0.25, -0.2) is 0 Å². The van der Waals surface area contributed by atoms with Crippen molar-refractivity contribution in [1.82, 2.24) is 5.32 Å². The molecule has 0 unspecified atom stereocenters. The molecule has 148 valence electrons. The van der Waals surface area contributed by atoms with E-state index in [0.717, 1.165) is 23.5 Å². The number of carbonyl (C=O) groups is 1. The first-order valence-corrected chi connectivity index (χ1v) is 11.1. The highest BCUT2D eigenvalue weighted by atomic mass is 32.2. The number of allylic oxidation sites excluding steroid dienone is 1. The number of benzene rings is 2. The van der Waals surface area contributed by atoms with Crippen molar-refractivity contribution in [2.24, 2.45) is 0 Å². The Labute approximate surface area is 172 Å². The van der Waals surface area contributed by atoms with E-state index in [1.165, 1.54) is 36.2 Å². The molecule has 0 atom stereocenters. The van der Waals surface area contributed by atoms with E-state index < -0.39 is 0 Å². The summed E-state index contributed by atoms with van der Waals surface area (Å²) in [4.78, 5) is 13.8. The lowest BCUT2D eigenvalue weighted by Crippen LogP contribution is -2.25. The van der Waals surface area contributed by atoms with Crippen LogP contribution in [0.15, 0.2) is 65.1 Å². The van der Waals surface area contributed by atoms with Crippen LogP contribution < -0.4 is 10.1 Å². The van der Waals surface area contributed by atoms with Crippen molar-refractivity contribution in [2.75, 3.05) is 13.2 Å². The zero-order valence-corrected chi connectivity index (χ0v) is 17.4. The number of rotatable bonds is 9. The van der Waals surface area contributed by atoms with E-state index in [4.69, 9.17) is 4.74 Å². The first-order chi connectivity index (χ1) is 13.8. The van der Waals surface area contributed by atoms with Crippen LogP contribution >= 0.6 is 11.8 Å². The fourth-order valence-corrected chi connectivity index (χ4v) is 4.28. The summed E-state index contributed by atoms with van der Waals surface area (Å²) >= 11 is 1.75. The van der Waals surface area contributed by atoms with Crippen molar-refractivity contribution >= 4 is 17.7 Å². The third kappa shape index (κ3) is 6.16. The Balaban J connectivity index is 1.61. The highest BCUT2D eigenvalue weighted by Crippen LogP contribution is 2.29. The molecule has 0 saturated carbocycles. The molecule has 3 nitrogen and oxygen atoms in total. The number of hydrogen-bond donors (Lipinski definition) is 1. The normalized spacial score (nSPS) is 13.7. The number of carbonyl (C=O) groups excluding carboxylic acids is 1. The molecule has 4 heteroatoms. The van der Waals surface area contributed by atoms with Crippen LogP contribution in [-0.2, 0) is 5.75 Å². The molecule has 0 bridgehead atoms. The Hall–Kier alpha value is -2.20. The van der Waals surface area contributed by atoms with Crippen molar-refractivity contribution in [3.63, 3.8) is 0 Å². The lowest BCUT2D eigenvalue weighted by molar-refractivity contribution is 0.0954. The molecular formula is C24H29NO2S. The van der Waals surface area contributed by atoms with Gasteiger partial charge in [0.1, 0.15) is 5.75 Å². The van der Waals surface area contributed by atoms with E-state index in [9.17, 15) is 4.79 Å². The van der Waals surface area contributed by atoms with Gasteiger partial charge in [0.05, 0.1) is 6.61 Å². The molecule has 1 aliphatic rings. The molecule has 1 amide bonds. The van der Waals surface area contributed by atoms with Crippen LogP contribution in [0.2, 0.25) is 0 Å². The lowest BCUT2D eigenvalue weighted by atomic mass is 9.97. The summed E-state index contributed by atoms with van der Waals surface area (Å²) in [5.74, 6) is 1.62. The minimum absolute atomic E-state index is 0.00887. The van der Waals surface area contributed by atoms with Crippen LogP contribution in [0.25, 0.3) is 0 Å². The van der Waals surface area contributed by atoms with Crippen LogP contribution in [0.3, 0.4) is 0 Å². The molecular weight excluding hydrogens is 366 g/mol. The second-order valence-electron chi connectivity index (χ2n) is 6.97. The monoisotopic (exact) mass is 395 g/mol. The van der Waals surface area contributed by atoms with Crippen molar-refractivity contribution in [2.45, 2.75) is 49.7 Å². The molecule has 0 heterocycles. The van der Waals surface area contributed by atoms with E-state index in [-0.39, 0.29) is 5.91 Å². The summed E-state index contributed by atoms with van der Waals surface area (Å²) in [7, 11) is 0. The summed E-state index contributed by atoms with van der Waals surface area (Å²) < 4.78 is 5.77. The average Bonchev–Trinajstić information content (AvgIpc) is 2.74. The second-order valence-corrected chi connectivity index (χ2v) is 8.02. The van der Waals surface area contributed by atoms with E-state index in [1.807, 2.05) is 43.3 Å². The van der Waals surface area contributed by atoms with Crippen molar-refractivity contribution in [3.05, 3.63) is 71.3 Å². The molecule has 0 radical (unpaired) electrons. The molecule has 1 N–H and O–H groups in total. The second kappa shape index (κ2) is 11.0. The van der Waals surface area contributed by atoms with Gasteiger partial charge in [-0.2, -0.15) is 0 Å². The molecule has 0 spiro atoms. The van der Waals surface area contributed by atoms with Crippen molar-refractivity contribution in [3.8, 4) is 5.75 Å². The molecule has 0 saturated heterocycles. The lowest BCUT2D eigenvalue weighted by Gasteiger charge is -2.14. The van der Waals surface area contributed by atoms with Crippen LogP contribution in [0.5, 0.6) is 5.75 Å². The highest BCUT2D eigenvalue weighted by Gasteiger charge is 2.12. The SMILES string of the molecule is CCOc1ccc(C(=O)NCCC2=CCCCC2)cc1CSc1ccccc1. The maximum absolute atomic E-state index is 12.6. The van der Waals surface area contributed by atoms with Crippen LogP contribution in [0.4, 0.5) is 0 Å². The molecule has 2 aromatic rings. The number of hydrogen-bond acceptors (Lipinski definition) is 3. The smallest absolute Gasteiger partial charge is 0.251 e. The van der Waals surface area contributed by atoms with Gasteiger partial charge in [-0.15, -0.1) is 11.8 Å². The standard InChI is InChI=1S/C24H29NO2S/c1-2-27-23-14-13-20(17-21(23)18-28-22-11-7-4-8-12-22)24(26)25-16-15-19-9-5-3-6-10-19/h4,7-9,11-14,17H,2-3,5-6,10,15-16,18H2,1H3,(H,25,26). The topological polar surface area (TPSA) is 38.3 Å². The molecule has 2 aromatic carbocycles. The summed E-state index contributed by atoms with van der Waals surface area (Å²) in [5, 5.41) is 3.07. The first kappa shape index (κ1) is 20.5. The minimum atomic E-state index is -0.00887.